The molecule has 2 amide bonds. The minimum atomic E-state index is -3.91. The molecule has 10 heterocycles. The van der Waals surface area contributed by atoms with Gasteiger partial charge in [-0.1, -0.05) is 121 Å². The molecule has 4 aliphatic rings. The number of allylic oxidation sites excluding steroid dienone is 3. The molecular weight excluding hydrogens is 1800 g/mol. The third-order valence-electron chi connectivity index (χ3n) is 22.7. The molecular formula is C99H103FN14O13S6. The number of nitrogens with zero attached hydrogens (tertiary/aromatic N) is 6. The van der Waals surface area contributed by atoms with Crippen molar-refractivity contribution < 1.29 is 45.0 Å². The maximum Gasteiger partial charge on any atom is 0.271 e. The van der Waals surface area contributed by atoms with Crippen LogP contribution in [-0.2, 0) is 32.9 Å². The molecule has 0 spiro atoms. The minimum absolute atomic E-state index is 0.107. The number of unbranched alkanes of at least 4 members (excludes halogenated alkanes) is 2. The molecule has 0 atom stereocenters. The molecule has 18 rings (SSSR count). The maximum atomic E-state index is 14.9. The number of benzene rings is 4. The minimum Gasteiger partial charge on any atom is -0.493 e. The first-order valence-electron chi connectivity index (χ1n) is 44.4. The van der Waals surface area contributed by atoms with Gasteiger partial charge in [0, 0.05) is 98.6 Å². The second-order valence-corrected chi connectivity index (χ2v) is 41.8. The van der Waals surface area contributed by atoms with Crippen molar-refractivity contribution in [1.82, 2.24) is 69.7 Å². The van der Waals surface area contributed by atoms with Crippen LogP contribution >= 0.6 is 45.3 Å². The number of hydrogen-bond acceptors (Lipinski definition) is 23. The standard InChI is InChI=1S/C27H28N4OS.C25H29N3O6S2.C24H22N4OS.C23H24FN3O5S2/c1-4-20-9-10-23(33-20)21-15-22(30-26(32)24(21)25-28-16-29-31-25)19-7-5-17(6-8-19)18-11-13-27(2,3)14-12-18;1-4-6-11-34-16-9-10-17(20(12-16)33-5-2)19-13-18(25-26-14-21(35-25)15-7-8-15)22(23(29)27-19)24(30)28-36(3,31)32;1-2-18-11-12-21(30-18)19-13-20(27-24(29)22(19)23-25-14-26-28-23)17-9-7-16(8-10-17)6-5-15-3-4-15;1-3-4-9-32-14-7-8-15(17(24)10-14)18-11-16(23-25-12-19(33-23)13-5-6-13)20(21(28)26-18)22(29)27-34(2,30)31/h5-11,15-16H,4,12-14H2,1-3H3,(H,30,32)(H,28,29,31);9-10,12-15H,4-8,11H2,1-3H3,(H,27,29)(H,28,30);5-15H,2-4H2,1H3,(H,27,29)(H,25,26,28);7-8,10-13H,3-6,9H2,1-2H3,(H,26,28)(H,27,29)/b;;6-5+;. The van der Waals surface area contributed by atoms with Gasteiger partial charge in [-0.2, -0.15) is 10.2 Å². The fourth-order valence-electron chi connectivity index (χ4n) is 15.0. The summed E-state index contributed by atoms with van der Waals surface area (Å²) in [6, 6.07) is 42.1. The van der Waals surface area contributed by atoms with Crippen LogP contribution in [0.2, 0.25) is 0 Å². The molecule has 14 aromatic rings. The first-order valence-corrected chi connectivity index (χ1v) is 51.4. The Labute approximate surface area is 785 Å². The van der Waals surface area contributed by atoms with Gasteiger partial charge in [0.1, 0.15) is 56.9 Å². The lowest BCUT2D eigenvalue weighted by molar-refractivity contribution is 0.0971. The number of carbonyl (C=O) groups is 2. The summed E-state index contributed by atoms with van der Waals surface area (Å²) in [7, 11) is -7.79. The van der Waals surface area contributed by atoms with Gasteiger partial charge in [0.25, 0.3) is 34.1 Å². The van der Waals surface area contributed by atoms with Crippen LogP contribution in [0.15, 0.2) is 190 Å². The number of aromatic amines is 6. The second-order valence-electron chi connectivity index (χ2n) is 33.8. The number of nitrogens with one attached hydrogen (secondary N) is 8. The van der Waals surface area contributed by atoms with E-state index in [-0.39, 0.29) is 39.1 Å². The lowest BCUT2D eigenvalue weighted by Gasteiger charge is -2.28. The number of pyridine rings is 4. The molecule has 133 heavy (non-hydrogen) atoms. The van der Waals surface area contributed by atoms with Crippen LogP contribution in [0, 0.1) is 17.2 Å². The Hall–Kier alpha value is -12.7. The molecule has 3 fully saturated rings. The summed E-state index contributed by atoms with van der Waals surface area (Å²) in [4.78, 5) is 113. The third kappa shape index (κ3) is 24.2. The number of ether oxygens (including phenoxy) is 3. The first kappa shape index (κ1) is 94.9. The average Bonchev–Trinajstić information content (AvgIpc) is 1.77. The number of halogens is 1. The number of carbonyl (C=O) groups excluding carboxylic acids is 2. The molecule has 3 saturated carbocycles. The lowest BCUT2D eigenvalue weighted by atomic mass is 9.77. The zero-order valence-corrected chi connectivity index (χ0v) is 79.9. The highest BCUT2D eigenvalue weighted by Gasteiger charge is 2.33. The summed E-state index contributed by atoms with van der Waals surface area (Å²) in [5, 5.41) is 14.4. The number of thiophene rings is 2. The fraction of sp³-hybridized carbons (Fsp3) is 0.313. The number of amides is 2. The highest BCUT2D eigenvalue weighted by atomic mass is 32.2. The molecule has 27 nitrogen and oxygen atoms in total. The van der Waals surface area contributed by atoms with E-state index in [1.165, 1.54) is 99.2 Å². The van der Waals surface area contributed by atoms with E-state index >= 15 is 0 Å². The van der Waals surface area contributed by atoms with Crippen LogP contribution in [0.5, 0.6) is 17.2 Å². The van der Waals surface area contributed by atoms with Crippen LogP contribution in [0.1, 0.15) is 195 Å². The normalized spacial score (nSPS) is 14.1. The number of rotatable bonds is 31. The highest BCUT2D eigenvalue weighted by molar-refractivity contribution is 7.89. The second kappa shape index (κ2) is 42.0. The van der Waals surface area contributed by atoms with Crippen molar-refractivity contribution in [2.45, 2.75) is 157 Å². The topological polar surface area (TPSA) is 395 Å². The van der Waals surface area contributed by atoms with Crippen LogP contribution < -0.4 is 45.9 Å². The number of aryl methyl sites for hydroxylation is 2. The zero-order chi connectivity index (χ0) is 93.8. The highest BCUT2D eigenvalue weighted by Crippen LogP contribution is 2.48. The van der Waals surface area contributed by atoms with Crippen molar-refractivity contribution in [2.75, 3.05) is 32.3 Å². The number of thiazole rings is 2. The van der Waals surface area contributed by atoms with Crippen molar-refractivity contribution in [1.29, 1.82) is 0 Å². The van der Waals surface area contributed by atoms with Gasteiger partial charge in [-0.15, -0.1) is 45.3 Å². The zero-order valence-electron chi connectivity index (χ0n) is 75.0. The van der Waals surface area contributed by atoms with Gasteiger partial charge in [0.05, 0.1) is 54.8 Å². The van der Waals surface area contributed by atoms with Crippen LogP contribution in [0.3, 0.4) is 0 Å². The number of aromatic nitrogens is 12. The van der Waals surface area contributed by atoms with Gasteiger partial charge in [-0.25, -0.2) is 50.6 Å². The summed E-state index contributed by atoms with van der Waals surface area (Å²) in [5.74, 6) is 1.40. The third-order valence-corrected chi connectivity index (χ3v) is 28.7. The van der Waals surface area contributed by atoms with Crippen molar-refractivity contribution in [3.8, 4) is 127 Å². The molecule has 690 valence electrons. The fourth-order valence-corrected chi connectivity index (χ4v) is 20.0. The number of sulfonamides is 2. The Morgan fingerprint density at radius 1 is 0.511 bits per heavy atom. The van der Waals surface area contributed by atoms with E-state index in [9.17, 15) is 50.0 Å². The molecule has 8 N–H and O–H groups in total. The molecule has 0 unspecified atom stereocenters. The molecule has 0 aliphatic heterocycles. The Kier molecular flexibility index (Phi) is 30.0. The van der Waals surface area contributed by atoms with E-state index in [0.29, 0.717) is 98.4 Å². The smallest absolute Gasteiger partial charge is 0.271 e. The molecule has 34 heteroatoms. The predicted octanol–water partition coefficient (Wildman–Crippen LogP) is 20.6. The van der Waals surface area contributed by atoms with Gasteiger partial charge in [-0.05, 0) is 214 Å². The van der Waals surface area contributed by atoms with E-state index in [1.807, 2.05) is 29.4 Å². The Bertz CT molecular complexity index is 7120. The van der Waals surface area contributed by atoms with E-state index in [2.05, 4.69) is 192 Å². The summed E-state index contributed by atoms with van der Waals surface area (Å²) in [6.45, 7) is 16.3. The molecule has 0 radical (unpaired) electrons. The Balaban J connectivity index is 0.000000136. The Morgan fingerprint density at radius 3 is 1.39 bits per heavy atom. The van der Waals surface area contributed by atoms with Crippen molar-refractivity contribution in [3.63, 3.8) is 0 Å². The molecule has 10 aromatic heterocycles. The van der Waals surface area contributed by atoms with Crippen molar-refractivity contribution in [3.05, 3.63) is 260 Å². The largest absolute Gasteiger partial charge is 0.493 e. The quantitative estimate of drug-likeness (QED) is 0.0187. The van der Waals surface area contributed by atoms with E-state index in [0.717, 1.165) is 149 Å². The molecule has 4 aromatic carbocycles. The predicted molar refractivity (Wildman–Crippen MR) is 526 cm³/mol. The summed E-state index contributed by atoms with van der Waals surface area (Å²) in [6.07, 6.45) is 30.8. The van der Waals surface area contributed by atoms with E-state index < -0.39 is 54.4 Å². The summed E-state index contributed by atoms with van der Waals surface area (Å²) < 4.78 is 82.5. The van der Waals surface area contributed by atoms with Crippen molar-refractivity contribution in [2.24, 2.45) is 11.3 Å². The molecule has 0 bridgehead atoms. The van der Waals surface area contributed by atoms with Crippen molar-refractivity contribution >= 4 is 88.9 Å². The van der Waals surface area contributed by atoms with E-state index in [4.69, 9.17) is 14.2 Å². The lowest BCUT2D eigenvalue weighted by Crippen LogP contribution is -2.34. The molecule has 4 aliphatic carbocycles. The monoisotopic (exact) mass is 1910 g/mol. The SMILES string of the molecule is CCCCOc1ccc(-c2cc(-c3ncc(C4CC4)s3)c(C(=O)NS(C)(=O)=O)c(=O)[nH]2)c(F)c1.CCCCOc1ccc(-c2cc(-c3ncc(C4CC4)s3)c(C(=O)NS(C)(=O)=O)c(=O)[nH]2)c(OCC)c1.CCc1ccc(-c2cc(-c3ccc(/C=C/C4CC4)cc3)[nH]c(=O)c2-c2ncn[nH]2)s1.CCc1ccc(-c2cc(-c3ccc(C4=CCC(C)(C)CC4)cc3)[nH]c(=O)c2-c2ncn[nH]2)s1. The first-order chi connectivity index (χ1) is 64.0. The Morgan fingerprint density at radius 2 is 0.970 bits per heavy atom. The van der Waals surface area contributed by atoms with Gasteiger partial charge >= 0.3 is 0 Å². The average molecular weight is 1910 g/mol. The molecule has 0 saturated heterocycles. The number of hydrogen-bond donors (Lipinski definition) is 8. The van der Waals surface area contributed by atoms with Gasteiger partial charge in [0.2, 0.25) is 20.0 Å². The van der Waals surface area contributed by atoms with Crippen LogP contribution in [0.4, 0.5) is 4.39 Å². The number of H-pyrrole nitrogens is 6. The maximum absolute atomic E-state index is 14.9. The van der Waals surface area contributed by atoms with Gasteiger partial charge < -0.3 is 34.1 Å². The van der Waals surface area contributed by atoms with E-state index in [1.54, 1.807) is 65.4 Å². The van der Waals surface area contributed by atoms with Gasteiger partial charge in [0.15, 0.2) is 11.6 Å². The van der Waals surface area contributed by atoms with Crippen LogP contribution in [-0.4, -0.2) is 121 Å². The van der Waals surface area contributed by atoms with Gasteiger partial charge in [-0.3, -0.25) is 39.0 Å². The summed E-state index contributed by atoms with van der Waals surface area (Å²) >= 11 is 6.14. The summed E-state index contributed by atoms with van der Waals surface area (Å²) in [5.41, 5.74) is 9.63. The van der Waals surface area contributed by atoms with Crippen LogP contribution in [0.25, 0.3) is 121 Å².